The summed E-state index contributed by atoms with van der Waals surface area (Å²) < 4.78 is 11.7. The summed E-state index contributed by atoms with van der Waals surface area (Å²) in [5.74, 6) is 0.806. The summed E-state index contributed by atoms with van der Waals surface area (Å²) in [4.78, 5) is 12.7. The Kier molecular flexibility index (Phi) is 4.95. The van der Waals surface area contributed by atoms with Gasteiger partial charge in [-0.1, -0.05) is 36.4 Å². The van der Waals surface area contributed by atoms with Gasteiger partial charge in [-0.2, -0.15) is 5.10 Å². The van der Waals surface area contributed by atoms with Gasteiger partial charge in [0.05, 0.1) is 25.5 Å². The normalized spacial score (nSPS) is 10.8. The zero-order valence-electron chi connectivity index (χ0n) is 14.0. The molecule has 0 bridgehead atoms. The van der Waals surface area contributed by atoms with E-state index in [1.807, 2.05) is 42.5 Å². The van der Waals surface area contributed by atoms with Crippen molar-refractivity contribution in [2.75, 3.05) is 14.2 Å². The van der Waals surface area contributed by atoms with E-state index in [-0.39, 0.29) is 5.91 Å². The maximum absolute atomic E-state index is 12.7. The van der Waals surface area contributed by atoms with Crippen LogP contribution in [0.3, 0.4) is 0 Å². The number of benzene rings is 2. The lowest BCUT2D eigenvalue weighted by molar-refractivity contribution is 0.0942. The van der Waals surface area contributed by atoms with Crippen LogP contribution in [0, 0.1) is 0 Å². The fourth-order valence-electron chi connectivity index (χ4n) is 2.38. The van der Waals surface area contributed by atoms with Crippen LogP contribution in [-0.4, -0.2) is 29.9 Å². The molecule has 2 aromatic carbocycles. The van der Waals surface area contributed by atoms with Gasteiger partial charge in [0.1, 0.15) is 11.5 Å². The molecule has 0 radical (unpaired) electrons. The predicted molar refractivity (Wildman–Crippen MR) is 96.9 cm³/mol. The van der Waals surface area contributed by atoms with Gasteiger partial charge in [-0.3, -0.25) is 4.79 Å². The lowest BCUT2D eigenvalue weighted by Crippen LogP contribution is -2.14. The summed E-state index contributed by atoms with van der Waals surface area (Å²) >= 11 is 0. The minimum atomic E-state index is -0.265. The van der Waals surface area contributed by atoms with Crippen molar-refractivity contribution in [3.63, 3.8) is 0 Å². The topological polar surface area (TPSA) is 53.4 Å². The molecule has 0 amide bonds. The van der Waals surface area contributed by atoms with Crippen LogP contribution in [0.5, 0.6) is 11.5 Å². The Bertz CT molecular complexity index is 898. The van der Waals surface area contributed by atoms with Crippen molar-refractivity contribution in [1.29, 1.82) is 0 Å². The summed E-state index contributed by atoms with van der Waals surface area (Å²) in [6, 6.07) is 16.8. The molecule has 3 rings (SSSR count). The van der Waals surface area contributed by atoms with Gasteiger partial charge in [0.2, 0.25) is 0 Å². The number of hydrogen-bond acceptors (Lipinski definition) is 4. The molecule has 126 valence electrons. The Balaban J connectivity index is 1.82. The zero-order chi connectivity index (χ0) is 17.6. The van der Waals surface area contributed by atoms with E-state index < -0.39 is 0 Å². The first-order valence-corrected chi connectivity index (χ1v) is 7.77. The van der Waals surface area contributed by atoms with Crippen molar-refractivity contribution >= 4 is 18.1 Å². The first-order valence-electron chi connectivity index (χ1n) is 7.77. The molecule has 0 saturated heterocycles. The molecule has 0 atom stereocenters. The second-order valence-electron chi connectivity index (χ2n) is 5.30. The highest BCUT2D eigenvalue weighted by molar-refractivity contribution is 5.98. The van der Waals surface area contributed by atoms with Crippen molar-refractivity contribution < 1.29 is 14.3 Å². The number of carbonyl (C=O) groups excluding carboxylic acids is 1. The fraction of sp³-hybridized carbons (Fsp3) is 0.100. The maximum atomic E-state index is 12.7. The van der Waals surface area contributed by atoms with Gasteiger partial charge in [0.25, 0.3) is 5.91 Å². The molecule has 0 unspecified atom stereocenters. The number of carbonyl (C=O) groups is 1. The van der Waals surface area contributed by atoms with Gasteiger partial charge in [0, 0.05) is 12.3 Å². The summed E-state index contributed by atoms with van der Waals surface area (Å²) in [5, 5.41) is 4.31. The van der Waals surface area contributed by atoms with E-state index in [4.69, 9.17) is 9.47 Å². The van der Waals surface area contributed by atoms with E-state index >= 15 is 0 Å². The highest BCUT2D eigenvalue weighted by Crippen LogP contribution is 2.25. The third-order valence-corrected chi connectivity index (χ3v) is 3.70. The molecule has 3 aromatic rings. The zero-order valence-corrected chi connectivity index (χ0v) is 14.0. The van der Waals surface area contributed by atoms with Crippen LogP contribution in [0.1, 0.15) is 21.6 Å². The van der Waals surface area contributed by atoms with Crippen molar-refractivity contribution in [1.82, 2.24) is 9.78 Å². The van der Waals surface area contributed by atoms with Crippen LogP contribution in [0.2, 0.25) is 0 Å². The lowest BCUT2D eigenvalue weighted by atomic mass is 10.2. The summed E-state index contributed by atoms with van der Waals surface area (Å²) in [5.41, 5.74) is 2.19. The molecular formula is C20H18N2O3. The van der Waals surface area contributed by atoms with Gasteiger partial charge >= 0.3 is 0 Å². The van der Waals surface area contributed by atoms with Crippen LogP contribution in [-0.2, 0) is 0 Å². The Morgan fingerprint density at radius 3 is 2.52 bits per heavy atom. The van der Waals surface area contributed by atoms with Crippen molar-refractivity contribution in [2.24, 2.45) is 0 Å². The van der Waals surface area contributed by atoms with Crippen molar-refractivity contribution in [2.45, 2.75) is 0 Å². The lowest BCUT2D eigenvalue weighted by Gasteiger charge is -2.09. The van der Waals surface area contributed by atoms with Crippen LogP contribution in [0.15, 0.2) is 60.8 Å². The number of methoxy groups -OCH3 is 2. The minimum Gasteiger partial charge on any atom is -0.497 e. The number of ether oxygens (including phenoxy) is 2. The molecular weight excluding hydrogens is 316 g/mol. The van der Waals surface area contributed by atoms with Gasteiger partial charge in [0.15, 0.2) is 0 Å². The monoisotopic (exact) mass is 334 g/mol. The van der Waals surface area contributed by atoms with E-state index in [1.165, 1.54) is 11.8 Å². The third kappa shape index (κ3) is 3.77. The second-order valence-corrected chi connectivity index (χ2v) is 5.30. The predicted octanol–water partition coefficient (Wildman–Crippen LogP) is 3.76. The molecule has 5 heteroatoms. The van der Waals surface area contributed by atoms with Crippen LogP contribution >= 0.6 is 0 Å². The van der Waals surface area contributed by atoms with E-state index in [9.17, 15) is 4.79 Å². The summed E-state index contributed by atoms with van der Waals surface area (Å²) in [6.45, 7) is 0. The SMILES string of the molecule is COc1ccc(C(=O)n2ccc(/C=C/c3ccccc3)n2)c(OC)c1. The first kappa shape index (κ1) is 16.5. The summed E-state index contributed by atoms with van der Waals surface area (Å²) in [6.07, 6.45) is 5.45. The first-order chi connectivity index (χ1) is 12.2. The molecule has 1 aromatic heterocycles. The van der Waals surface area contributed by atoms with E-state index in [0.717, 1.165) is 5.56 Å². The van der Waals surface area contributed by atoms with Crippen LogP contribution in [0.4, 0.5) is 0 Å². The molecule has 0 N–H and O–H groups in total. The number of nitrogens with zero attached hydrogens (tertiary/aromatic N) is 2. The molecule has 0 fully saturated rings. The molecule has 0 aliphatic heterocycles. The smallest absolute Gasteiger partial charge is 0.281 e. The Morgan fingerprint density at radius 2 is 1.80 bits per heavy atom. The summed E-state index contributed by atoms with van der Waals surface area (Å²) in [7, 11) is 3.08. The Morgan fingerprint density at radius 1 is 1.00 bits per heavy atom. The molecule has 5 nitrogen and oxygen atoms in total. The molecule has 25 heavy (non-hydrogen) atoms. The second kappa shape index (κ2) is 7.49. The number of rotatable bonds is 5. The van der Waals surface area contributed by atoms with Gasteiger partial charge in [-0.15, -0.1) is 0 Å². The van der Waals surface area contributed by atoms with Gasteiger partial charge in [-0.05, 0) is 29.8 Å². The average Bonchev–Trinajstić information content (AvgIpc) is 3.15. The molecule has 0 spiro atoms. The molecule has 1 heterocycles. The van der Waals surface area contributed by atoms with E-state index in [2.05, 4.69) is 5.10 Å². The number of hydrogen-bond donors (Lipinski definition) is 0. The van der Waals surface area contributed by atoms with Gasteiger partial charge < -0.3 is 9.47 Å². The largest absolute Gasteiger partial charge is 0.497 e. The highest BCUT2D eigenvalue weighted by atomic mass is 16.5. The average molecular weight is 334 g/mol. The standard InChI is InChI=1S/C20H18N2O3/c1-24-17-10-11-18(19(14-17)25-2)20(23)22-13-12-16(21-22)9-8-15-6-4-3-5-7-15/h3-14H,1-2H3/b9-8+. The van der Waals surface area contributed by atoms with Crippen LogP contribution in [0.25, 0.3) is 12.2 Å². The molecule has 0 aliphatic rings. The van der Waals surface area contributed by atoms with Crippen molar-refractivity contribution in [3.05, 3.63) is 77.6 Å². The molecule has 0 saturated carbocycles. The van der Waals surface area contributed by atoms with E-state index in [0.29, 0.717) is 22.8 Å². The third-order valence-electron chi connectivity index (χ3n) is 3.70. The maximum Gasteiger partial charge on any atom is 0.281 e. The van der Waals surface area contributed by atoms with Gasteiger partial charge in [-0.25, -0.2) is 4.68 Å². The van der Waals surface area contributed by atoms with E-state index in [1.54, 1.807) is 37.6 Å². The minimum absolute atomic E-state index is 0.265. The highest BCUT2D eigenvalue weighted by Gasteiger charge is 2.16. The Hall–Kier alpha value is -3.34. The quantitative estimate of drug-likeness (QED) is 0.713. The fourth-order valence-corrected chi connectivity index (χ4v) is 2.38. The number of aromatic nitrogens is 2. The van der Waals surface area contributed by atoms with Crippen LogP contribution < -0.4 is 9.47 Å². The Labute approximate surface area is 146 Å². The van der Waals surface area contributed by atoms with Crippen molar-refractivity contribution in [3.8, 4) is 11.5 Å². The molecule has 0 aliphatic carbocycles.